The molecule has 0 spiro atoms. The van der Waals surface area contributed by atoms with Crippen molar-refractivity contribution < 1.29 is 13.2 Å². The highest BCUT2D eigenvalue weighted by molar-refractivity contribution is 7.92. The molecule has 0 aliphatic carbocycles. The van der Waals surface area contributed by atoms with Gasteiger partial charge in [-0.15, -0.1) is 0 Å². The van der Waals surface area contributed by atoms with Gasteiger partial charge in [-0.25, -0.2) is 8.42 Å². The van der Waals surface area contributed by atoms with Crippen LogP contribution in [0.25, 0.3) is 0 Å². The molecule has 1 heterocycles. The summed E-state index contributed by atoms with van der Waals surface area (Å²) >= 11 is 0. The second-order valence-electron chi connectivity index (χ2n) is 6.82. The van der Waals surface area contributed by atoms with Crippen LogP contribution in [-0.2, 0) is 14.6 Å². The third-order valence-corrected chi connectivity index (χ3v) is 6.69. The van der Waals surface area contributed by atoms with E-state index in [4.69, 9.17) is 0 Å². The van der Waals surface area contributed by atoms with Crippen molar-refractivity contribution in [1.82, 2.24) is 4.90 Å². The molecule has 0 N–H and O–H groups in total. The van der Waals surface area contributed by atoms with Crippen molar-refractivity contribution >= 4 is 16.1 Å². The summed E-state index contributed by atoms with van der Waals surface area (Å²) in [5.41, 5.74) is 0. The quantitative estimate of drug-likeness (QED) is 0.717. The lowest BCUT2D eigenvalue weighted by Crippen LogP contribution is -2.47. The molecule has 0 saturated carbocycles. The molecular formula is C18H27NO3S. The van der Waals surface area contributed by atoms with Crippen LogP contribution in [0.5, 0.6) is 0 Å². The summed E-state index contributed by atoms with van der Waals surface area (Å²) in [5.74, 6) is 0.409. The Kier molecular flexibility index (Phi) is 6.36. The average molecular weight is 337 g/mol. The van der Waals surface area contributed by atoms with E-state index < -0.39 is 15.2 Å². The Bertz CT molecular complexity index is 598. The highest BCUT2D eigenvalue weighted by atomic mass is 32.2. The zero-order chi connectivity index (χ0) is 16.9. The van der Waals surface area contributed by atoms with Crippen molar-refractivity contribution in [3.63, 3.8) is 0 Å². The molecule has 1 aliphatic heterocycles. The number of nitrogens with zero attached hydrogens (tertiary/aromatic N) is 1. The fraction of sp³-hybridized carbons (Fsp3) is 0.611. The first-order chi connectivity index (χ1) is 10.9. The van der Waals surface area contributed by atoms with E-state index in [9.17, 15) is 13.2 Å². The predicted octanol–water partition coefficient (Wildman–Crippen LogP) is 3.13. The Morgan fingerprint density at radius 3 is 2.52 bits per heavy atom. The average Bonchev–Trinajstić information content (AvgIpc) is 2.55. The maximum Gasteiger partial charge on any atom is 0.194 e. The van der Waals surface area contributed by atoms with Crippen LogP contribution in [0.1, 0.15) is 39.5 Å². The Balaban J connectivity index is 2.28. The van der Waals surface area contributed by atoms with Crippen LogP contribution >= 0.6 is 0 Å². The molecule has 5 heteroatoms. The van der Waals surface area contributed by atoms with E-state index in [-0.39, 0.29) is 5.92 Å². The minimum absolute atomic E-state index is 0.0451. The summed E-state index contributed by atoms with van der Waals surface area (Å²) in [4.78, 5) is 13.5. The molecule has 0 amide bonds. The number of aldehydes is 1. The number of rotatable bonds is 7. The molecule has 1 fully saturated rings. The van der Waals surface area contributed by atoms with Gasteiger partial charge in [0, 0.05) is 12.5 Å². The van der Waals surface area contributed by atoms with Gasteiger partial charge < -0.3 is 4.79 Å². The van der Waals surface area contributed by atoms with Crippen molar-refractivity contribution in [3.8, 4) is 0 Å². The standard InChI is InChI=1S/C18H27NO3S/c1-15(2)10-11-18(19-12-6-7-16(13-19)14-20)23(21,22)17-8-4-3-5-9-17/h3-5,8-9,14-16,18H,6-7,10-13H2,1-2H3. The van der Waals surface area contributed by atoms with Crippen LogP contribution in [0.4, 0.5) is 0 Å². The van der Waals surface area contributed by atoms with Crippen molar-refractivity contribution in [2.45, 2.75) is 49.8 Å². The van der Waals surface area contributed by atoms with Gasteiger partial charge in [-0.1, -0.05) is 32.0 Å². The molecule has 1 aromatic rings. The van der Waals surface area contributed by atoms with E-state index in [2.05, 4.69) is 13.8 Å². The number of carbonyl (C=O) groups is 1. The Labute approximate surface area is 139 Å². The van der Waals surface area contributed by atoms with Crippen LogP contribution in [0.2, 0.25) is 0 Å². The van der Waals surface area contributed by atoms with Gasteiger partial charge in [-0.3, -0.25) is 4.90 Å². The predicted molar refractivity (Wildman–Crippen MR) is 91.8 cm³/mol. The number of carbonyl (C=O) groups excluding carboxylic acids is 1. The maximum absolute atomic E-state index is 13.1. The first-order valence-electron chi connectivity index (χ1n) is 8.43. The van der Waals surface area contributed by atoms with Crippen molar-refractivity contribution in [1.29, 1.82) is 0 Å². The van der Waals surface area contributed by atoms with Gasteiger partial charge in [-0.2, -0.15) is 0 Å². The molecule has 0 radical (unpaired) electrons. The molecule has 1 aromatic carbocycles. The molecule has 0 aromatic heterocycles. The third-order valence-electron chi connectivity index (χ3n) is 4.51. The SMILES string of the molecule is CC(C)CCC(N1CCCC(C=O)C1)S(=O)(=O)c1ccccc1. The van der Waals surface area contributed by atoms with Crippen LogP contribution in [0.3, 0.4) is 0 Å². The second-order valence-corrected chi connectivity index (χ2v) is 8.92. The van der Waals surface area contributed by atoms with Gasteiger partial charge >= 0.3 is 0 Å². The van der Waals surface area contributed by atoms with Gasteiger partial charge in [0.2, 0.25) is 0 Å². The normalized spacial score (nSPS) is 21.3. The van der Waals surface area contributed by atoms with Crippen molar-refractivity contribution in [2.24, 2.45) is 11.8 Å². The minimum atomic E-state index is -3.42. The van der Waals surface area contributed by atoms with E-state index in [1.807, 2.05) is 11.0 Å². The summed E-state index contributed by atoms with van der Waals surface area (Å²) in [6.07, 6.45) is 4.19. The Morgan fingerprint density at radius 1 is 1.22 bits per heavy atom. The third kappa shape index (κ3) is 4.64. The zero-order valence-electron chi connectivity index (χ0n) is 14.0. The zero-order valence-corrected chi connectivity index (χ0v) is 14.8. The Morgan fingerprint density at radius 2 is 1.91 bits per heavy atom. The molecule has 2 atom stereocenters. The number of hydrogen-bond acceptors (Lipinski definition) is 4. The summed E-state index contributed by atoms with van der Waals surface area (Å²) in [6, 6.07) is 8.68. The molecular weight excluding hydrogens is 310 g/mol. The molecule has 1 saturated heterocycles. The fourth-order valence-electron chi connectivity index (χ4n) is 3.19. The summed E-state index contributed by atoms with van der Waals surface area (Å²) < 4.78 is 26.2. The number of sulfone groups is 1. The van der Waals surface area contributed by atoms with E-state index in [1.54, 1.807) is 24.3 Å². The van der Waals surface area contributed by atoms with E-state index in [1.165, 1.54) is 0 Å². The first-order valence-corrected chi connectivity index (χ1v) is 9.98. The van der Waals surface area contributed by atoms with E-state index in [0.717, 1.165) is 32.1 Å². The molecule has 23 heavy (non-hydrogen) atoms. The molecule has 2 rings (SSSR count). The molecule has 1 aliphatic rings. The molecule has 4 nitrogen and oxygen atoms in total. The lowest BCUT2D eigenvalue weighted by atomic mass is 9.99. The highest BCUT2D eigenvalue weighted by Crippen LogP contribution is 2.27. The van der Waals surface area contributed by atoms with Gasteiger partial charge in [0.15, 0.2) is 9.84 Å². The van der Waals surface area contributed by atoms with Crippen LogP contribution < -0.4 is 0 Å². The van der Waals surface area contributed by atoms with E-state index in [0.29, 0.717) is 23.8 Å². The van der Waals surface area contributed by atoms with Crippen LogP contribution in [-0.4, -0.2) is 38.1 Å². The number of likely N-dealkylation sites (tertiary alicyclic amines) is 1. The smallest absolute Gasteiger partial charge is 0.194 e. The van der Waals surface area contributed by atoms with Gasteiger partial charge in [0.25, 0.3) is 0 Å². The monoisotopic (exact) mass is 337 g/mol. The molecule has 128 valence electrons. The second kappa shape index (κ2) is 8.06. The highest BCUT2D eigenvalue weighted by Gasteiger charge is 2.35. The van der Waals surface area contributed by atoms with Crippen molar-refractivity contribution in [2.75, 3.05) is 13.1 Å². The van der Waals surface area contributed by atoms with E-state index >= 15 is 0 Å². The fourth-order valence-corrected chi connectivity index (χ4v) is 5.07. The topological polar surface area (TPSA) is 54.5 Å². The van der Waals surface area contributed by atoms with Crippen LogP contribution in [0.15, 0.2) is 35.2 Å². The number of hydrogen-bond donors (Lipinski definition) is 0. The summed E-state index contributed by atoms with van der Waals surface area (Å²) in [7, 11) is -3.42. The summed E-state index contributed by atoms with van der Waals surface area (Å²) in [5, 5.41) is -0.532. The first kappa shape index (κ1) is 18.1. The molecule has 0 bridgehead atoms. The lowest BCUT2D eigenvalue weighted by Gasteiger charge is -2.36. The van der Waals surface area contributed by atoms with Crippen molar-refractivity contribution in [3.05, 3.63) is 30.3 Å². The maximum atomic E-state index is 13.1. The lowest BCUT2D eigenvalue weighted by molar-refractivity contribution is -0.112. The Hall–Kier alpha value is -1.20. The molecule has 2 unspecified atom stereocenters. The van der Waals surface area contributed by atoms with Crippen LogP contribution in [0, 0.1) is 11.8 Å². The largest absolute Gasteiger partial charge is 0.303 e. The van der Waals surface area contributed by atoms with Gasteiger partial charge in [0.05, 0.1) is 4.90 Å². The summed E-state index contributed by atoms with van der Waals surface area (Å²) in [6.45, 7) is 5.52. The number of piperidine rings is 1. The minimum Gasteiger partial charge on any atom is -0.303 e. The van der Waals surface area contributed by atoms with Gasteiger partial charge in [0.1, 0.15) is 11.7 Å². The number of benzene rings is 1. The van der Waals surface area contributed by atoms with Gasteiger partial charge in [-0.05, 0) is 50.3 Å².